The second-order valence-electron chi connectivity index (χ2n) is 4.46. The van der Waals surface area contributed by atoms with Crippen LogP contribution >= 0.6 is 0 Å². The largest absolute Gasteiger partial charge is 0.326 e. The molecular weight excluding hydrogens is 216 g/mol. The molecule has 5 heteroatoms. The number of hydrogen-bond donors (Lipinski definition) is 3. The second kappa shape index (κ2) is 4.44. The molecule has 90 valence electrons. The number of carbonyl (C=O) groups excluding carboxylic acids is 1. The molecule has 3 rings (SSSR count). The molecule has 2 aliphatic heterocycles. The van der Waals surface area contributed by atoms with E-state index in [1.165, 1.54) is 11.1 Å². The zero-order valence-corrected chi connectivity index (χ0v) is 9.57. The van der Waals surface area contributed by atoms with Crippen molar-refractivity contribution in [3.8, 4) is 0 Å². The quantitative estimate of drug-likeness (QED) is 0.614. The lowest BCUT2D eigenvalue weighted by Crippen LogP contribution is -2.67. The summed E-state index contributed by atoms with van der Waals surface area (Å²) in [5, 5.41) is 2.93. The highest BCUT2D eigenvalue weighted by Gasteiger charge is 2.26. The van der Waals surface area contributed by atoms with E-state index >= 15 is 0 Å². The van der Waals surface area contributed by atoms with Crippen molar-refractivity contribution in [3.63, 3.8) is 0 Å². The van der Waals surface area contributed by atoms with Gasteiger partial charge < -0.3 is 5.32 Å². The minimum atomic E-state index is -0.107. The molecule has 0 bridgehead atoms. The average Bonchev–Trinajstić information content (AvgIpc) is 2.38. The molecule has 1 atom stereocenters. The van der Waals surface area contributed by atoms with Crippen LogP contribution in [0.4, 0.5) is 0 Å². The molecule has 2 heterocycles. The molecule has 1 aromatic carbocycles. The van der Waals surface area contributed by atoms with Crippen LogP contribution in [0, 0.1) is 0 Å². The summed E-state index contributed by atoms with van der Waals surface area (Å²) in [5.74, 6) is 0.0348. The average molecular weight is 232 g/mol. The van der Waals surface area contributed by atoms with E-state index in [4.69, 9.17) is 0 Å². The Bertz CT molecular complexity index is 434. The SMILES string of the molecule is O=C1CNNC(N2CCc3ccccc3C2)N1. The zero-order valence-electron chi connectivity index (χ0n) is 9.57. The highest BCUT2D eigenvalue weighted by Crippen LogP contribution is 2.19. The van der Waals surface area contributed by atoms with Crippen molar-refractivity contribution < 1.29 is 4.79 Å². The highest BCUT2D eigenvalue weighted by atomic mass is 16.2. The summed E-state index contributed by atoms with van der Waals surface area (Å²) in [7, 11) is 0. The molecule has 1 saturated heterocycles. The van der Waals surface area contributed by atoms with Gasteiger partial charge in [-0.05, 0) is 17.5 Å². The van der Waals surface area contributed by atoms with E-state index in [1.807, 2.05) is 0 Å². The van der Waals surface area contributed by atoms with Gasteiger partial charge in [0.1, 0.15) is 6.29 Å². The maximum atomic E-state index is 11.3. The topological polar surface area (TPSA) is 56.4 Å². The Morgan fingerprint density at radius 2 is 2.06 bits per heavy atom. The van der Waals surface area contributed by atoms with E-state index in [-0.39, 0.29) is 12.2 Å². The van der Waals surface area contributed by atoms with Crippen molar-refractivity contribution in [3.05, 3.63) is 35.4 Å². The van der Waals surface area contributed by atoms with Gasteiger partial charge in [-0.2, -0.15) is 0 Å². The number of carbonyl (C=O) groups is 1. The van der Waals surface area contributed by atoms with E-state index < -0.39 is 0 Å². The molecule has 17 heavy (non-hydrogen) atoms. The first-order valence-electron chi connectivity index (χ1n) is 5.91. The fourth-order valence-corrected chi connectivity index (χ4v) is 2.39. The predicted molar refractivity (Wildman–Crippen MR) is 63.6 cm³/mol. The summed E-state index contributed by atoms with van der Waals surface area (Å²) >= 11 is 0. The van der Waals surface area contributed by atoms with Crippen LogP contribution in [0.1, 0.15) is 11.1 Å². The van der Waals surface area contributed by atoms with E-state index in [1.54, 1.807) is 0 Å². The lowest BCUT2D eigenvalue weighted by molar-refractivity contribution is -0.125. The van der Waals surface area contributed by atoms with E-state index in [0.29, 0.717) is 6.54 Å². The number of hydrogen-bond acceptors (Lipinski definition) is 4. The molecule has 5 nitrogen and oxygen atoms in total. The maximum absolute atomic E-state index is 11.3. The molecule has 3 N–H and O–H groups in total. The molecule has 0 radical (unpaired) electrons. The third-order valence-corrected chi connectivity index (χ3v) is 3.31. The first-order chi connectivity index (χ1) is 8.33. The Labute approximate surface area is 100 Å². The van der Waals surface area contributed by atoms with E-state index in [9.17, 15) is 4.79 Å². The van der Waals surface area contributed by atoms with Crippen molar-refractivity contribution in [2.75, 3.05) is 13.1 Å². The van der Waals surface area contributed by atoms with Gasteiger partial charge in [0.2, 0.25) is 5.91 Å². The predicted octanol–water partition coefficient (Wildman–Crippen LogP) is -0.448. The summed E-state index contributed by atoms with van der Waals surface area (Å²) in [5.41, 5.74) is 8.76. The van der Waals surface area contributed by atoms with Gasteiger partial charge in [0.25, 0.3) is 0 Å². The summed E-state index contributed by atoms with van der Waals surface area (Å²) in [4.78, 5) is 13.5. The lowest BCUT2D eigenvalue weighted by Gasteiger charge is -2.38. The first-order valence-corrected chi connectivity index (χ1v) is 5.91. The van der Waals surface area contributed by atoms with E-state index in [0.717, 1.165) is 19.5 Å². The molecule has 0 aliphatic carbocycles. The summed E-state index contributed by atoms with van der Waals surface area (Å²) in [6.45, 7) is 2.16. The maximum Gasteiger partial charge on any atom is 0.237 e. The lowest BCUT2D eigenvalue weighted by atomic mass is 10.00. The molecule has 0 spiro atoms. The monoisotopic (exact) mass is 232 g/mol. The first kappa shape index (κ1) is 10.7. The van der Waals surface area contributed by atoms with Crippen LogP contribution in [0.2, 0.25) is 0 Å². The number of amides is 1. The van der Waals surface area contributed by atoms with Crippen LogP contribution < -0.4 is 16.2 Å². The minimum Gasteiger partial charge on any atom is -0.326 e. The van der Waals surface area contributed by atoms with Crippen molar-refractivity contribution >= 4 is 5.91 Å². The molecule has 0 aromatic heterocycles. The third kappa shape index (κ3) is 2.17. The smallest absolute Gasteiger partial charge is 0.237 e. The standard InChI is InChI=1S/C12H16N4O/c17-11-7-13-15-12(14-11)16-6-5-9-3-1-2-4-10(9)8-16/h1-4,12-13,15H,5-8H2,(H,14,17). The number of nitrogens with zero attached hydrogens (tertiary/aromatic N) is 1. The normalized spacial score (nSPS) is 25.2. The van der Waals surface area contributed by atoms with Gasteiger partial charge in [0.05, 0.1) is 6.54 Å². The van der Waals surface area contributed by atoms with Gasteiger partial charge in [-0.3, -0.25) is 9.69 Å². The molecule has 1 unspecified atom stereocenters. The van der Waals surface area contributed by atoms with Crippen molar-refractivity contribution in [1.29, 1.82) is 0 Å². The van der Waals surface area contributed by atoms with Gasteiger partial charge in [-0.1, -0.05) is 24.3 Å². The van der Waals surface area contributed by atoms with Crippen LogP contribution in [0.25, 0.3) is 0 Å². The van der Waals surface area contributed by atoms with Crippen LogP contribution in [0.5, 0.6) is 0 Å². The van der Waals surface area contributed by atoms with Gasteiger partial charge >= 0.3 is 0 Å². The number of benzene rings is 1. The summed E-state index contributed by atoms with van der Waals surface area (Å²) < 4.78 is 0. The van der Waals surface area contributed by atoms with E-state index in [2.05, 4.69) is 45.3 Å². The van der Waals surface area contributed by atoms with Crippen LogP contribution in [-0.4, -0.2) is 30.2 Å². The zero-order chi connectivity index (χ0) is 11.7. The Balaban J connectivity index is 1.73. The number of fused-ring (bicyclic) bond motifs is 1. The molecule has 1 aromatic rings. The Hall–Kier alpha value is -1.43. The Morgan fingerprint density at radius 3 is 2.88 bits per heavy atom. The van der Waals surface area contributed by atoms with Crippen molar-refractivity contribution in [2.24, 2.45) is 0 Å². The highest BCUT2D eigenvalue weighted by molar-refractivity contribution is 5.78. The van der Waals surface area contributed by atoms with Gasteiger partial charge in [-0.15, -0.1) is 0 Å². The fourth-order valence-electron chi connectivity index (χ4n) is 2.39. The Morgan fingerprint density at radius 1 is 1.24 bits per heavy atom. The number of nitrogens with one attached hydrogen (secondary N) is 3. The number of rotatable bonds is 1. The van der Waals surface area contributed by atoms with Gasteiger partial charge in [0, 0.05) is 13.1 Å². The third-order valence-electron chi connectivity index (χ3n) is 3.31. The summed E-state index contributed by atoms with van der Waals surface area (Å²) in [6, 6.07) is 8.47. The molecule has 2 aliphatic rings. The Kier molecular flexibility index (Phi) is 2.80. The van der Waals surface area contributed by atoms with Crippen LogP contribution in [-0.2, 0) is 17.8 Å². The van der Waals surface area contributed by atoms with Crippen LogP contribution in [0.15, 0.2) is 24.3 Å². The van der Waals surface area contributed by atoms with Crippen LogP contribution in [0.3, 0.4) is 0 Å². The van der Waals surface area contributed by atoms with Crippen molar-refractivity contribution in [1.82, 2.24) is 21.1 Å². The van der Waals surface area contributed by atoms with Gasteiger partial charge in [0.15, 0.2) is 0 Å². The molecular formula is C12H16N4O. The minimum absolute atomic E-state index is 0.0348. The molecule has 1 fully saturated rings. The van der Waals surface area contributed by atoms with Gasteiger partial charge in [-0.25, -0.2) is 10.9 Å². The summed E-state index contributed by atoms with van der Waals surface area (Å²) in [6.07, 6.45) is 0.925. The van der Waals surface area contributed by atoms with Crippen molar-refractivity contribution in [2.45, 2.75) is 19.3 Å². The molecule has 0 saturated carbocycles. The number of hydrazine groups is 1. The fraction of sp³-hybridized carbons (Fsp3) is 0.417. The molecule has 1 amide bonds. The second-order valence-corrected chi connectivity index (χ2v) is 4.46.